The minimum atomic E-state index is -0.340. The highest BCUT2D eigenvalue weighted by molar-refractivity contribution is 5.85. The molecule has 0 spiro atoms. The van der Waals surface area contributed by atoms with Gasteiger partial charge in [-0.05, 0) is 30.2 Å². The van der Waals surface area contributed by atoms with Crippen LogP contribution in [0.1, 0.15) is 16.7 Å². The molecule has 0 unspecified atom stereocenters. The SMILES string of the molecule is Cc1ccc(CN2CC[NH+](CC(=O)N/N=C/c3ccc(O)cc3[O-])CC2)cc1. The number of phenolic OH excluding ortho intramolecular Hbond substituents is 1. The van der Waals surface area contributed by atoms with Crippen LogP contribution in [0.25, 0.3) is 0 Å². The number of amides is 1. The Balaban J connectivity index is 1.39. The predicted molar refractivity (Wildman–Crippen MR) is 105 cm³/mol. The van der Waals surface area contributed by atoms with Crippen LogP contribution in [0.2, 0.25) is 0 Å². The van der Waals surface area contributed by atoms with Gasteiger partial charge in [0.05, 0.1) is 19.3 Å². The second-order valence-corrected chi connectivity index (χ2v) is 7.20. The molecule has 3 rings (SSSR count). The third-order valence-electron chi connectivity index (χ3n) is 4.89. The number of aryl methyl sites for hydroxylation is 1. The number of hydrazone groups is 1. The summed E-state index contributed by atoms with van der Waals surface area (Å²) in [6, 6.07) is 12.6. The summed E-state index contributed by atoms with van der Waals surface area (Å²) < 4.78 is 0. The van der Waals surface area contributed by atoms with E-state index in [0.717, 1.165) is 38.8 Å². The molecule has 28 heavy (non-hydrogen) atoms. The summed E-state index contributed by atoms with van der Waals surface area (Å²) in [7, 11) is 0. The van der Waals surface area contributed by atoms with Crippen molar-refractivity contribution in [2.45, 2.75) is 13.5 Å². The first-order chi connectivity index (χ1) is 13.5. The van der Waals surface area contributed by atoms with Crippen LogP contribution in [-0.4, -0.2) is 54.9 Å². The van der Waals surface area contributed by atoms with Crippen molar-refractivity contribution >= 4 is 12.1 Å². The second-order valence-electron chi connectivity index (χ2n) is 7.20. The van der Waals surface area contributed by atoms with E-state index in [1.54, 1.807) is 0 Å². The van der Waals surface area contributed by atoms with E-state index in [1.165, 1.54) is 34.4 Å². The summed E-state index contributed by atoms with van der Waals surface area (Å²) in [6.07, 6.45) is 1.30. The van der Waals surface area contributed by atoms with E-state index < -0.39 is 0 Å². The fourth-order valence-corrected chi connectivity index (χ4v) is 3.23. The maximum absolute atomic E-state index is 12.1. The lowest BCUT2D eigenvalue weighted by molar-refractivity contribution is -0.896. The molecule has 7 nitrogen and oxygen atoms in total. The van der Waals surface area contributed by atoms with Crippen molar-refractivity contribution in [3.8, 4) is 11.5 Å². The van der Waals surface area contributed by atoms with Gasteiger partial charge in [-0.3, -0.25) is 9.69 Å². The Labute approximate surface area is 164 Å². The molecule has 1 aliphatic rings. The molecule has 0 bridgehead atoms. The molecule has 1 saturated heterocycles. The smallest absolute Gasteiger partial charge is 0.295 e. The third-order valence-corrected chi connectivity index (χ3v) is 4.89. The van der Waals surface area contributed by atoms with Crippen molar-refractivity contribution in [2.75, 3.05) is 32.7 Å². The number of carbonyl (C=O) groups is 1. The van der Waals surface area contributed by atoms with Gasteiger partial charge in [0.1, 0.15) is 5.75 Å². The van der Waals surface area contributed by atoms with Crippen LogP contribution in [0.3, 0.4) is 0 Å². The molecule has 2 aromatic rings. The summed E-state index contributed by atoms with van der Waals surface area (Å²) in [5, 5.41) is 24.7. The third kappa shape index (κ3) is 5.80. The normalized spacial score (nSPS) is 15.8. The number of hydrogen-bond donors (Lipinski definition) is 3. The van der Waals surface area contributed by atoms with Crippen molar-refractivity contribution in [3.63, 3.8) is 0 Å². The molecular weight excluding hydrogens is 356 g/mol. The lowest BCUT2D eigenvalue weighted by Crippen LogP contribution is -3.15. The van der Waals surface area contributed by atoms with Gasteiger partial charge < -0.3 is 15.1 Å². The van der Waals surface area contributed by atoms with Crippen molar-refractivity contribution in [2.24, 2.45) is 5.10 Å². The van der Waals surface area contributed by atoms with Crippen molar-refractivity contribution in [1.82, 2.24) is 10.3 Å². The highest BCUT2D eigenvalue weighted by Crippen LogP contribution is 2.18. The summed E-state index contributed by atoms with van der Waals surface area (Å²) in [4.78, 5) is 15.7. The number of carbonyl (C=O) groups excluding carboxylic acids is 1. The van der Waals surface area contributed by atoms with E-state index in [-0.39, 0.29) is 17.4 Å². The van der Waals surface area contributed by atoms with Gasteiger partial charge in [0.15, 0.2) is 6.54 Å². The van der Waals surface area contributed by atoms with E-state index in [0.29, 0.717) is 12.1 Å². The number of rotatable bonds is 6. The lowest BCUT2D eigenvalue weighted by atomic mass is 10.1. The molecule has 0 radical (unpaired) electrons. The fraction of sp³-hybridized carbons (Fsp3) is 0.333. The highest BCUT2D eigenvalue weighted by atomic mass is 16.3. The Hall–Kier alpha value is -2.90. The number of nitrogens with zero attached hydrogens (tertiary/aromatic N) is 2. The number of hydrogen-bond acceptors (Lipinski definition) is 5. The van der Waals surface area contributed by atoms with Gasteiger partial charge in [-0.25, -0.2) is 5.43 Å². The summed E-state index contributed by atoms with van der Waals surface area (Å²) in [5.74, 6) is -0.603. The molecule has 1 amide bonds. The van der Waals surface area contributed by atoms with E-state index in [4.69, 9.17) is 0 Å². The number of aromatic hydroxyl groups is 1. The van der Waals surface area contributed by atoms with Gasteiger partial charge in [-0.2, -0.15) is 5.10 Å². The fourth-order valence-electron chi connectivity index (χ4n) is 3.23. The molecule has 3 N–H and O–H groups in total. The molecule has 2 aromatic carbocycles. The van der Waals surface area contributed by atoms with Gasteiger partial charge >= 0.3 is 0 Å². The monoisotopic (exact) mass is 382 g/mol. The molecule has 0 aliphatic carbocycles. The zero-order valence-electron chi connectivity index (χ0n) is 16.0. The first-order valence-electron chi connectivity index (χ1n) is 9.43. The molecule has 0 aromatic heterocycles. The van der Waals surface area contributed by atoms with Crippen LogP contribution in [0.4, 0.5) is 0 Å². The van der Waals surface area contributed by atoms with Crippen LogP contribution in [0.15, 0.2) is 47.6 Å². The van der Waals surface area contributed by atoms with E-state index >= 15 is 0 Å². The molecule has 148 valence electrons. The van der Waals surface area contributed by atoms with E-state index in [9.17, 15) is 15.0 Å². The topological polar surface area (TPSA) is 92.4 Å². The Morgan fingerprint density at radius 3 is 2.64 bits per heavy atom. The van der Waals surface area contributed by atoms with Crippen molar-refractivity contribution in [3.05, 3.63) is 59.2 Å². The number of phenols is 1. The molecule has 0 atom stereocenters. The van der Waals surface area contributed by atoms with Crippen molar-refractivity contribution in [1.29, 1.82) is 0 Å². The minimum absolute atomic E-state index is 0.0868. The van der Waals surface area contributed by atoms with Gasteiger partial charge in [-0.1, -0.05) is 41.6 Å². The Morgan fingerprint density at radius 2 is 1.96 bits per heavy atom. The van der Waals surface area contributed by atoms with Gasteiger partial charge in [0.2, 0.25) is 0 Å². The Kier molecular flexibility index (Phi) is 6.62. The second kappa shape index (κ2) is 9.34. The molecule has 1 aliphatic heterocycles. The summed E-state index contributed by atoms with van der Waals surface area (Å²) in [6.45, 7) is 7.10. The number of quaternary nitrogens is 1. The van der Waals surface area contributed by atoms with Gasteiger partial charge in [0, 0.05) is 19.6 Å². The van der Waals surface area contributed by atoms with Crippen LogP contribution >= 0.6 is 0 Å². The number of nitrogens with one attached hydrogen (secondary N) is 2. The number of piperazine rings is 1. The zero-order chi connectivity index (χ0) is 19.9. The van der Waals surface area contributed by atoms with E-state index in [2.05, 4.69) is 46.6 Å². The molecule has 1 fully saturated rings. The first-order valence-corrected chi connectivity index (χ1v) is 9.43. The predicted octanol–water partition coefficient (Wildman–Crippen LogP) is -0.375. The maximum Gasteiger partial charge on any atom is 0.295 e. The van der Waals surface area contributed by atoms with Crippen LogP contribution in [0, 0.1) is 6.92 Å². The maximum atomic E-state index is 12.1. The van der Waals surface area contributed by atoms with E-state index in [1.807, 2.05) is 0 Å². The summed E-state index contributed by atoms with van der Waals surface area (Å²) >= 11 is 0. The average molecular weight is 382 g/mol. The van der Waals surface area contributed by atoms with Crippen LogP contribution in [0.5, 0.6) is 11.5 Å². The molecule has 0 saturated carbocycles. The zero-order valence-corrected chi connectivity index (χ0v) is 16.0. The van der Waals surface area contributed by atoms with Gasteiger partial charge in [0.25, 0.3) is 5.91 Å². The molecule has 7 heteroatoms. The van der Waals surface area contributed by atoms with Crippen molar-refractivity contribution < 1.29 is 19.9 Å². The largest absolute Gasteiger partial charge is 0.872 e. The summed E-state index contributed by atoms with van der Waals surface area (Å²) in [5.41, 5.74) is 5.37. The standard InChI is InChI=1S/C21H26N4O3/c1-16-2-4-17(5-3-16)14-24-8-10-25(11-9-24)15-21(28)23-22-13-18-6-7-19(26)12-20(18)27/h2-7,12-13,26-27H,8-11,14-15H2,1H3,(H,23,28)/b22-13+. The van der Waals surface area contributed by atoms with Gasteiger partial charge in [-0.15, -0.1) is 0 Å². The van der Waals surface area contributed by atoms with Crippen LogP contribution in [-0.2, 0) is 11.3 Å². The highest BCUT2D eigenvalue weighted by Gasteiger charge is 2.21. The quantitative estimate of drug-likeness (QED) is 0.469. The minimum Gasteiger partial charge on any atom is -0.872 e. The Bertz CT molecular complexity index is 828. The molecule has 1 heterocycles. The lowest BCUT2D eigenvalue weighted by Gasteiger charge is -2.31. The average Bonchev–Trinajstić information content (AvgIpc) is 2.67. The number of benzene rings is 2. The van der Waals surface area contributed by atoms with Crippen LogP contribution < -0.4 is 15.4 Å². The molecular formula is C21H26N4O3. The Morgan fingerprint density at radius 1 is 1.25 bits per heavy atom. The first kappa shape index (κ1) is 19.9.